The zero-order chi connectivity index (χ0) is 17.7. The maximum atomic E-state index is 12.8. The number of aromatic nitrogens is 4. The Labute approximate surface area is 148 Å². The van der Waals surface area contributed by atoms with E-state index in [1.165, 1.54) is 9.13 Å². The quantitative estimate of drug-likeness (QED) is 0.703. The van der Waals surface area contributed by atoms with E-state index >= 15 is 0 Å². The maximum Gasteiger partial charge on any atom is 0.332 e. The fourth-order valence-corrected chi connectivity index (χ4v) is 3.62. The topological polar surface area (TPSA) is 65.1 Å². The maximum absolute atomic E-state index is 12.8. The van der Waals surface area contributed by atoms with Gasteiger partial charge in [0.15, 0.2) is 11.2 Å². The van der Waals surface area contributed by atoms with Crippen LogP contribution in [0.15, 0.2) is 33.9 Å². The Balaban J connectivity index is 2.03. The van der Waals surface area contributed by atoms with Crippen LogP contribution in [-0.4, -0.2) is 25.2 Å². The summed E-state index contributed by atoms with van der Waals surface area (Å²) in [6.07, 6.45) is 0.874. The summed E-state index contributed by atoms with van der Waals surface area (Å²) in [6, 6.07) is 7.55. The summed E-state index contributed by atoms with van der Waals surface area (Å²) in [7, 11) is 1.65. The molecule has 0 unspecified atom stereocenters. The molecule has 0 bridgehead atoms. The Hall–Kier alpha value is -2.54. The summed E-state index contributed by atoms with van der Waals surface area (Å²) in [5, 5.41) is 0.645. The summed E-state index contributed by atoms with van der Waals surface area (Å²) in [6.45, 7) is 3.60. The molecule has 0 aliphatic carbocycles. The molecule has 0 N–H and O–H groups in total. The highest BCUT2D eigenvalue weighted by Crippen LogP contribution is 2.31. The molecule has 7 nitrogen and oxygen atoms in total. The molecule has 0 amide bonds. The average Bonchev–Trinajstić information content (AvgIpc) is 3.00. The molecular weight excluding hydrogens is 342 g/mol. The predicted octanol–water partition coefficient (Wildman–Crippen LogP) is 2.11. The Morgan fingerprint density at radius 1 is 1.24 bits per heavy atom. The number of hydrogen-bond acceptors (Lipinski definition) is 4. The SMILES string of the molecule is CCn1c(=O)c2c(nc3n2CCCN3c2cccc(Cl)c2)n(C)c1=O. The second-order valence-corrected chi connectivity index (χ2v) is 6.55. The van der Waals surface area contributed by atoms with E-state index in [2.05, 4.69) is 4.98 Å². The molecule has 0 spiro atoms. The zero-order valence-corrected chi connectivity index (χ0v) is 14.8. The smallest absolute Gasteiger partial charge is 0.312 e. The van der Waals surface area contributed by atoms with Gasteiger partial charge in [-0.2, -0.15) is 4.98 Å². The van der Waals surface area contributed by atoms with Crippen LogP contribution in [0.1, 0.15) is 13.3 Å². The van der Waals surface area contributed by atoms with Gasteiger partial charge >= 0.3 is 5.69 Å². The molecular formula is C17H18ClN5O2. The predicted molar refractivity (Wildman–Crippen MR) is 98.0 cm³/mol. The molecule has 1 aliphatic heterocycles. The van der Waals surface area contributed by atoms with Gasteiger partial charge in [-0.05, 0) is 31.5 Å². The van der Waals surface area contributed by atoms with Gasteiger partial charge in [-0.1, -0.05) is 17.7 Å². The highest BCUT2D eigenvalue weighted by Gasteiger charge is 2.26. The first kappa shape index (κ1) is 16.0. The molecule has 4 rings (SSSR count). The van der Waals surface area contributed by atoms with Crippen molar-refractivity contribution in [3.05, 3.63) is 50.1 Å². The average molecular weight is 360 g/mol. The lowest BCUT2D eigenvalue weighted by atomic mass is 10.2. The van der Waals surface area contributed by atoms with E-state index in [9.17, 15) is 9.59 Å². The lowest BCUT2D eigenvalue weighted by Crippen LogP contribution is -2.39. The molecule has 0 saturated carbocycles. The van der Waals surface area contributed by atoms with Crippen LogP contribution in [0, 0.1) is 0 Å². The van der Waals surface area contributed by atoms with Crippen molar-refractivity contribution < 1.29 is 0 Å². The Morgan fingerprint density at radius 2 is 2.04 bits per heavy atom. The summed E-state index contributed by atoms with van der Waals surface area (Å²) in [4.78, 5) is 31.9. The fraction of sp³-hybridized carbons (Fsp3) is 0.353. The van der Waals surface area contributed by atoms with Crippen molar-refractivity contribution in [2.75, 3.05) is 11.4 Å². The van der Waals surface area contributed by atoms with Gasteiger partial charge < -0.3 is 9.47 Å². The van der Waals surface area contributed by atoms with Crippen molar-refractivity contribution in [1.29, 1.82) is 0 Å². The second kappa shape index (κ2) is 5.77. The second-order valence-electron chi connectivity index (χ2n) is 6.11. The normalized spacial score (nSPS) is 14.1. The minimum absolute atomic E-state index is 0.285. The molecule has 1 aliphatic rings. The number of hydrogen-bond donors (Lipinski definition) is 0. The van der Waals surface area contributed by atoms with Gasteiger partial charge in [0.1, 0.15) is 0 Å². The molecule has 3 aromatic rings. The fourth-order valence-electron chi connectivity index (χ4n) is 3.43. The minimum Gasteiger partial charge on any atom is -0.312 e. The molecule has 2 aromatic heterocycles. The third-order valence-corrected chi connectivity index (χ3v) is 4.89. The third-order valence-electron chi connectivity index (χ3n) is 4.65. The molecule has 130 valence electrons. The van der Waals surface area contributed by atoms with Gasteiger partial charge in [0.25, 0.3) is 5.56 Å². The van der Waals surface area contributed by atoms with Crippen molar-refractivity contribution in [3.63, 3.8) is 0 Å². The van der Waals surface area contributed by atoms with Crippen LogP contribution in [0.4, 0.5) is 11.6 Å². The Morgan fingerprint density at radius 3 is 2.76 bits per heavy atom. The molecule has 8 heteroatoms. The van der Waals surface area contributed by atoms with Crippen molar-refractivity contribution in [3.8, 4) is 0 Å². The number of fused-ring (bicyclic) bond motifs is 3. The summed E-state index contributed by atoms with van der Waals surface area (Å²) >= 11 is 6.13. The van der Waals surface area contributed by atoms with Gasteiger partial charge in [-0.3, -0.25) is 13.9 Å². The van der Waals surface area contributed by atoms with Crippen LogP contribution in [0.5, 0.6) is 0 Å². The van der Waals surface area contributed by atoms with Gasteiger partial charge in [0.2, 0.25) is 5.95 Å². The first-order chi connectivity index (χ1) is 12.0. The summed E-state index contributed by atoms with van der Waals surface area (Å²) in [5.41, 5.74) is 1.19. The largest absolute Gasteiger partial charge is 0.332 e. The van der Waals surface area contributed by atoms with E-state index in [0.29, 0.717) is 35.2 Å². The van der Waals surface area contributed by atoms with E-state index in [1.54, 1.807) is 14.0 Å². The van der Waals surface area contributed by atoms with E-state index in [0.717, 1.165) is 18.7 Å². The Kier molecular flexibility index (Phi) is 3.68. The van der Waals surface area contributed by atoms with E-state index in [-0.39, 0.29) is 11.2 Å². The van der Waals surface area contributed by atoms with Gasteiger partial charge in [0, 0.05) is 37.4 Å². The summed E-state index contributed by atoms with van der Waals surface area (Å²) in [5.74, 6) is 0.671. The molecule has 25 heavy (non-hydrogen) atoms. The third kappa shape index (κ3) is 2.30. The van der Waals surface area contributed by atoms with Crippen molar-refractivity contribution >= 4 is 34.4 Å². The number of aryl methyl sites for hydroxylation is 2. The Bertz CT molecular complexity index is 1090. The van der Waals surface area contributed by atoms with Crippen LogP contribution in [0.25, 0.3) is 11.2 Å². The van der Waals surface area contributed by atoms with Crippen LogP contribution in [0.2, 0.25) is 5.02 Å². The molecule has 0 radical (unpaired) electrons. The lowest BCUT2D eigenvalue weighted by molar-refractivity contribution is 0.595. The number of imidazole rings is 1. The highest BCUT2D eigenvalue weighted by atomic mass is 35.5. The molecule has 1 aromatic carbocycles. The van der Waals surface area contributed by atoms with Gasteiger partial charge in [-0.15, -0.1) is 0 Å². The van der Waals surface area contributed by atoms with Crippen LogP contribution < -0.4 is 16.1 Å². The van der Waals surface area contributed by atoms with Crippen LogP contribution >= 0.6 is 11.6 Å². The van der Waals surface area contributed by atoms with Crippen molar-refractivity contribution in [1.82, 2.24) is 18.7 Å². The number of benzene rings is 1. The van der Waals surface area contributed by atoms with E-state index < -0.39 is 0 Å². The van der Waals surface area contributed by atoms with Gasteiger partial charge in [-0.25, -0.2) is 4.79 Å². The molecule has 3 heterocycles. The minimum atomic E-state index is -0.343. The van der Waals surface area contributed by atoms with Crippen LogP contribution in [-0.2, 0) is 20.1 Å². The van der Waals surface area contributed by atoms with Crippen molar-refractivity contribution in [2.24, 2.45) is 7.05 Å². The lowest BCUT2D eigenvalue weighted by Gasteiger charge is -2.29. The molecule has 0 atom stereocenters. The first-order valence-electron chi connectivity index (χ1n) is 8.26. The number of halogens is 1. The summed E-state index contributed by atoms with van der Waals surface area (Å²) < 4.78 is 4.60. The zero-order valence-electron chi connectivity index (χ0n) is 14.1. The first-order valence-corrected chi connectivity index (χ1v) is 8.64. The van der Waals surface area contributed by atoms with Crippen LogP contribution in [0.3, 0.4) is 0 Å². The van der Waals surface area contributed by atoms with E-state index in [4.69, 9.17) is 11.6 Å². The number of rotatable bonds is 2. The number of anilines is 2. The standard InChI is InChI=1S/C17H18ClN5O2/c1-3-21-15(24)13-14(20(2)17(21)25)19-16-22(8-5-9-23(13)16)12-7-4-6-11(18)10-12/h4,6-7,10H,3,5,8-9H2,1-2H3. The monoisotopic (exact) mass is 359 g/mol. The van der Waals surface area contributed by atoms with E-state index in [1.807, 2.05) is 33.7 Å². The molecule has 0 saturated heterocycles. The highest BCUT2D eigenvalue weighted by molar-refractivity contribution is 6.30. The van der Waals surface area contributed by atoms with Crippen molar-refractivity contribution in [2.45, 2.75) is 26.4 Å². The van der Waals surface area contributed by atoms with Gasteiger partial charge in [0.05, 0.1) is 0 Å². The number of nitrogens with zero attached hydrogens (tertiary/aromatic N) is 5. The molecule has 0 fully saturated rings.